The summed E-state index contributed by atoms with van der Waals surface area (Å²) in [4.78, 5) is 6.71. The van der Waals surface area contributed by atoms with Gasteiger partial charge in [-0.3, -0.25) is 4.90 Å². The molecular formula is C13H22N4O3. The molecule has 2 aliphatic heterocycles. The summed E-state index contributed by atoms with van der Waals surface area (Å²) in [5.41, 5.74) is -0.102. The van der Waals surface area contributed by atoms with Crippen LogP contribution in [0.3, 0.4) is 0 Å². The van der Waals surface area contributed by atoms with Crippen molar-refractivity contribution in [2.75, 3.05) is 39.3 Å². The molecule has 20 heavy (non-hydrogen) atoms. The number of hydrogen-bond donors (Lipinski definition) is 1. The maximum absolute atomic E-state index is 5.78. The first-order valence-corrected chi connectivity index (χ1v) is 7.20. The number of morpholine rings is 1. The standard InChI is InChI=1S/C13H22N4O3/c1-3-17-4-5-18-10(6-17)12-15-11(20-16-12)7-19-13(2)8-14-9-13/h10,14H,3-9H2,1-2H3. The minimum absolute atomic E-state index is 0.0952. The third-order valence-electron chi connectivity index (χ3n) is 3.91. The second kappa shape index (κ2) is 5.77. The maximum Gasteiger partial charge on any atom is 0.252 e. The van der Waals surface area contributed by atoms with E-state index in [9.17, 15) is 0 Å². The summed E-state index contributed by atoms with van der Waals surface area (Å²) in [5.74, 6) is 1.14. The van der Waals surface area contributed by atoms with Gasteiger partial charge in [-0.15, -0.1) is 0 Å². The summed E-state index contributed by atoms with van der Waals surface area (Å²) in [6.45, 7) is 9.81. The molecule has 0 amide bonds. The van der Waals surface area contributed by atoms with Gasteiger partial charge in [0.1, 0.15) is 12.7 Å². The van der Waals surface area contributed by atoms with Gasteiger partial charge >= 0.3 is 0 Å². The zero-order chi connectivity index (χ0) is 14.0. The van der Waals surface area contributed by atoms with Gasteiger partial charge in [-0.2, -0.15) is 4.98 Å². The molecule has 1 atom stereocenters. The zero-order valence-corrected chi connectivity index (χ0v) is 12.1. The Kier molecular flexibility index (Phi) is 4.02. The second-order valence-electron chi connectivity index (χ2n) is 5.64. The van der Waals surface area contributed by atoms with Crippen LogP contribution in [0.2, 0.25) is 0 Å². The van der Waals surface area contributed by atoms with Crippen LogP contribution in [0.15, 0.2) is 4.52 Å². The number of likely N-dealkylation sites (N-methyl/N-ethyl adjacent to an activating group) is 1. The van der Waals surface area contributed by atoms with Crippen LogP contribution in [-0.2, 0) is 16.1 Å². The normalized spacial score (nSPS) is 26.4. The van der Waals surface area contributed by atoms with Gasteiger partial charge in [-0.1, -0.05) is 12.1 Å². The first-order valence-electron chi connectivity index (χ1n) is 7.20. The van der Waals surface area contributed by atoms with E-state index in [0.29, 0.717) is 24.9 Å². The summed E-state index contributed by atoms with van der Waals surface area (Å²) in [6.07, 6.45) is -0.0952. The molecule has 3 heterocycles. The molecule has 0 saturated carbocycles. The van der Waals surface area contributed by atoms with Crippen LogP contribution >= 0.6 is 0 Å². The summed E-state index contributed by atoms with van der Waals surface area (Å²) in [7, 11) is 0. The Morgan fingerprint density at radius 2 is 2.35 bits per heavy atom. The molecule has 0 radical (unpaired) electrons. The van der Waals surface area contributed by atoms with E-state index in [1.54, 1.807) is 0 Å². The topological polar surface area (TPSA) is 72.7 Å². The van der Waals surface area contributed by atoms with Crippen molar-refractivity contribution in [1.82, 2.24) is 20.4 Å². The van der Waals surface area contributed by atoms with Gasteiger partial charge in [0, 0.05) is 26.2 Å². The van der Waals surface area contributed by atoms with Crippen molar-refractivity contribution < 1.29 is 14.0 Å². The minimum Gasteiger partial charge on any atom is -0.367 e. The molecule has 112 valence electrons. The average molecular weight is 282 g/mol. The molecule has 1 N–H and O–H groups in total. The van der Waals surface area contributed by atoms with E-state index in [1.165, 1.54) is 0 Å². The average Bonchev–Trinajstić information content (AvgIpc) is 2.92. The van der Waals surface area contributed by atoms with Crippen molar-refractivity contribution >= 4 is 0 Å². The Labute approximate surface area is 118 Å². The highest BCUT2D eigenvalue weighted by atomic mass is 16.5. The van der Waals surface area contributed by atoms with Crippen molar-refractivity contribution in [2.24, 2.45) is 0 Å². The summed E-state index contributed by atoms with van der Waals surface area (Å²) < 4.78 is 16.7. The number of hydrogen-bond acceptors (Lipinski definition) is 7. The maximum atomic E-state index is 5.78. The van der Waals surface area contributed by atoms with Crippen LogP contribution in [0, 0.1) is 0 Å². The predicted octanol–water partition coefficient (Wildman–Crippen LogP) is 0.341. The van der Waals surface area contributed by atoms with Gasteiger partial charge in [0.05, 0.1) is 12.2 Å². The van der Waals surface area contributed by atoms with E-state index in [-0.39, 0.29) is 11.7 Å². The highest BCUT2D eigenvalue weighted by molar-refractivity contribution is 4.95. The largest absolute Gasteiger partial charge is 0.367 e. The second-order valence-corrected chi connectivity index (χ2v) is 5.64. The SMILES string of the molecule is CCN1CCOC(c2noc(COC3(C)CNC3)n2)C1. The van der Waals surface area contributed by atoms with Gasteiger partial charge in [0.15, 0.2) is 0 Å². The van der Waals surface area contributed by atoms with Gasteiger partial charge in [-0.25, -0.2) is 0 Å². The Morgan fingerprint density at radius 1 is 1.50 bits per heavy atom. The fraction of sp³-hybridized carbons (Fsp3) is 0.846. The van der Waals surface area contributed by atoms with E-state index in [2.05, 4.69) is 34.2 Å². The Balaban J connectivity index is 1.55. The lowest BCUT2D eigenvalue weighted by atomic mass is 10.0. The number of nitrogens with zero attached hydrogens (tertiary/aromatic N) is 3. The molecule has 2 fully saturated rings. The van der Waals surface area contributed by atoms with Crippen LogP contribution in [0.1, 0.15) is 31.7 Å². The van der Waals surface area contributed by atoms with Crippen LogP contribution in [-0.4, -0.2) is 60.0 Å². The number of rotatable bonds is 5. The van der Waals surface area contributed by atoms with Crippen molar-refractivity contribution in [3.8, 4) is 0 Å². The predicted molar refractivity (Wildman–Crippen MR) is 71.2 cm³/mol. The quantitative estimate of drug-likeness (QED) is 0.835. The molecule has 1 aromatic heterocycles. The van der Waals surface area contributed by atoms with Crippen LogP contribution in [0.5, 0.6) is 0 Å². The monoisotopic (exact) mass is 282 g/mol. The lowest BCUT2D eigenvalue weighted by Crippen LogP contribution is -2.58. The Morgan fingerprint density at radius 3 is 3.05 bits per heavy atom. The molecule has 7 nitrogen and oxygen atoms in total. The van der Waals surface area contributed by atoms with E-state index >= 15 is 0 Å². The molecule has 3 rings (SSSR count). The minimum atomic E-state index is -0.102. The van der Waals surface area contributed by atoms with E-state index in [0.717, 1.165) is 32.7 Å². The van der Waals surface area contributed by atoms with E-state index in [4.69, 9.17) is 14.0 Å². The van der Waals surface area contributed by atoms with Gasteiger partial charge in [0.25, 0.3) is 5.89 Å². The molecule has 1 unspecified atom stereocenters. The first-order chi connectivity index (χ1) is 9.68. The van der Waals surface area contributed by atoms with Crippen molar-refractivity contribution in [1.29, 1.82) is 0 Å². The lowest BCUT2D eigenvalue weighted by Gasteiger charge is -2.38. The third kappa shape index (κ3) is 3.01. The van der Waals surface area contributed by atoms with Gasteiger partial charge in [-0.05, 0) is 13.5 Å². The number of nitrogens with one attached hydrogen (secondary N) is 1. The van der Waals surface area contributed by atoms with Crippen LogP contribution in [0.25, 0.3) is 0 Å². The Hall–Kier alpha value is -1.02. The highest BCUT2D eigenvalue weighted by Gasteiger charge is 2.33. The molecule has 7 heteroatoms. The molecule has 2 saturated heterocycles. The third-order valence-corrected chi connectivity index (χ3v) is 3.91. The van der Waals surface area contributed by atoms with Gasteiger partial charge in [0.2, 0.25) is 5.82 Å². The first kappa shape index (κ1) is 13.9. The fourth-order valence-electron chi connectivity index (χ4n) is 2.42. The molecule has 0 bridgehead atoms. The van der Waals surface area contributed by atoms with Crippen LogP contribution in [0.4, 0.5) is 0 Å². The van der Waals surface area contributed by atoms with E-state index < -0.39 is 0 Å². The lowest BCUT2D eigenvalue weighted by molar-refractivity contribution is -0.0841. The fourth-order valence-corrected chi connectivity index (χ4v) is 2.42. The van der Waals surface area contributed by atoms with Crippen LogP contribution < -0.4 is 5.32 Å². The number of aromatic nitrogens is 2. The molecule has 0 spiro atoms. The highest BCUT2D eigenvalue weighted by Crippen LogP contribution is 2.21. The van der Waals surface area contributed by atoms with Crippen molar-refractivity contribution in [2.45, 2.75) is 32.2 Å². The van der Waals surface area contributed by atoms with Gasteiger partial charge < -0.3 is 19.3 Å². The molecule has 1 aromatic rings. The summed E-state index contributed by atoms with van der Waals surface area (Å²) >= 11 is 0. The Bertz CT molecular complexity index is 447. The zero-order valence-electron chi connectivity index (χ0n) is 12.1. The molecule has 0 aromatic carbocycles. The van der Waals surface area contributed by atoms with E-state index in [1.807, 2.05) is 0 Å². The number of ether oxygens (including phenoxy) is 2. The molecular weight excluding hydrogens is 260 g/mol. The summed E-state index contributed by atoms with van der Waals surface area (Å²) in [6, 6.07) is 0. The molecule has 0 aliphatic carbocycles. The van der Waals surface area contributed by atoms with Crippen molar-refractivity contribution in [3.63, 3.8) is 0 Å². The van der Waals surface area contributed by atoms with Crippen molar-refractivity contribution in [3.05, 3.63) is 11.7 Å². The molecule has 2 aliphatic rings. The smallest absolute Gasteiger partial charge is 0.252 e. The summed E-state index contributed by atoms with van der Waals surface area (Å²) in [5, 5.41) is 7.21.